The van der Waals surface area contributed by atoms with Crippen LogP contribution in [0.25, 0.3) is 0 Å². The van der Waals surface area contributed by atoms with Crippen molar-refractivity contribution >= 4 is 53.3 Å². The van der Waals surface area contributed by atoms with E-state index in [0.29, 0.717) is 25.0 Å². The molecule has 2 saturated heterocycles. The van der Waals surface area contributed by atoms with Gasteiger partial charge in [0.25, 0.3) is 0 Å². The smallest absolute Gasteiger partial charge is 0.326 e. The quantitative estimate of drug-likeness (QED) is 0.0334. The summed E-state index contributed by atoms with van der Waals surface area (Å²) in [5.74, 6) is -7.24. The molecule has 0 unspecified atom stereocenters. The number of aromatic nitrogens is 2. The summed E-state index contributed by atoms with van der Waals surface area (Å²) in [4.78, 5) is 117. The molecule has 2 aliphatic rings. The molecular formula is C35H56N12O10. The molecule has 2 fully saturated rings. The average molecular weight is 805 g/mol. The zero-order valence-corrected chi connectivity index (χ0v) is 32.4. The minimum absolute atomic E-state index is 0.0202. The molecule has 0 saturated carbocycles. The number of rotatable bonds is 21. The van der Waals surface area contributed by atoms with Crippen molar-refractivity contribution in [3.05, 3.63) is 18.2 Å². The lowest BCUT2D eigenvalue weighted by Crippen LogP contribution is -2.60. The van der Waals surface area contributed by atoms with E-state index in [0.717, 1.165) is 0 Å². The van der Waals surface area contributed by atoms with Crippen LogP contribution in [0.4, 0.5) is 0 Å². The molecule has 0 spiro atoms. The second-order valence-corrected chi connectivity index (χ2v) is 14.4. The fraction of sp³-hybridized carbons (Fsp3) is 0.657. The van der Waals surface area contributed by atoms with E-state index < -0.39 is 102 Å². The van der Waals surface area contributed by atoms with Gasteiger partial charge >= 0.3 is 11.9 Å². The van der Waals surface area contributed by atoms with E-state index in [1.165, 1.54) is 29.2 Å². The van der Waals surface area contributed by atoms with Gasteiger partial charge in [-0.05, 0) is 51.4 Å². The molecule has 1 aromatic heterocycles. The van der Waals surface area contributed by atoms with Crippen molar-refractivity contribution in [1.29, 1.82) is 0 Å². The molecule has 0 aromatic carbocycles. The van der Waals surface area contributed by atoms with Gasteiger partial charge in [-0.1, -0.05) is 20.3 Å². The fourth-order valence-corrected chi connectivity index (χ4v) is 6.74. The molecule has 22 nitrogen and oxygen atoms in total. The summed E-state index contributed by atoms with van der Waals surface area (Å²) in [6.07, 6.45) is 4.33. The summed E-state index contributed by atoms with van der Waals surface area (Å²) in [6.45, 7) is 5.41. The number of aliphatic imine (C=N–C) groups is 1. The summed E-state index contributed by atoms with van der Waals surface area (Å²) in [7, 11) is 0. The minimum Gasteiger partial charge on any atom is -0.481 e. The Balaban J connectivity index is 1.72. The molecule has 6 amide bonds. The van der Waals surface area contributed by atoms with Crippen LogP contribution in [0, 0.1) is 5.92 Å². The summed E-state index contributed by atoms with van der Waals surface area (Å²) < 4.78 is 0. The summed E-state index contributed by atoms with van der Waals surface area (Å²) in [5, 5.41) is 29.2. The van der Waals surface area contributed by atoms with Crippen LogP contribution >= 0.6 is 0 Å². The zero-order chi connectivity index (χ0) is 42.4. The minimum atomic E-state index is -1.44. The fourth-order valence-electron chi connectivity index (χ4n) is 6.74. The first kappa shape index (κ1) is 45.6. The van der Waals surface area contributed by atoms with Gasteiger partial charge in [-0.2, -0.15) is 0 Å². The van der Waals surface area contributed by atoms with Crippen LogP contribution in [0.15, 0.2) is 17.5 Å². The summed E-state index contributed by atoms with van der Waals surface area (Å²) in [5.41, 5.74) is 17.0. The number of carbonyl (C=O) groups is 8. The number of aliphatic carboxylic acids is 2. The third-order valence-electron chi connectivity index (χ3n) is 10.1. The highest BCUT2D eigenvalue weighted by Gasteiger charge is 2.41. The van der Waals surface area contributed by atoms with Crippen LogP contribution in [-0.2, 0) is 44.8 Å². The van der Waals surface area contributed by atoms with Crippen molar-refractivity contribution in [1.82, 2.24) is 41.0 Å². The standard InChI is InChI=1S/C35H56N12O10/c1-4-18(2)27(31(53)44-23(14-20-16-39-17-41-20)33(55)47-13-7-10-25(47)34(56)57)45-28(50)19(3)42-30(52)24-9-6-12-46(24)32(54)22(8-5-11-40-35(37)38)43-29(51)21(36)15-26(48)49/h16-19,21-25,27H,4-15,36H2,1-3H3,(H,39,41)(H,42,52)(H,43,51)(H,44,53)(H,45,50)(H,48,49)(H,56,57)(H4,37,38,40)/t18-,19-,21-,22-,23-,24-,25-,27-/m0/s1. The van der Waals surface area contributed by atoms with E-state index >= 15 is 0 Å². The molecule has 2 aliphatic heterocycles. The monoisotopic (exact) mass is 804 g/mol. The topological polar surface area (TPSA) is 351 Å². The zero-order valence-electron chi connectivity index (χ0n) is 32.4. The lowest BCUT2D eigenvalue weighted by Gasteiger charge is -2.31. The lowest BCUT2D eigenvalue weighted by molar-refractivity contribution is -0.149. The second-order valence-electron chi connectivity index (χ2n) is 14.4. The first-order chi connectivity index (χ1) is 26.9. The molecule has 3 rings (SSSR count). The van der Waals surface area contributed by atoms with Gasteiger partial charge in [0.1, 0.15) is 36.3 Å². The number of hydrogen-bond donors (Lipinski definition) is 10. The van der Waals surface area contributed by atoms with Crippen molar-refractivity contribution in [2.24, 2.45) is 28.1 Å². The normalized spacial score (nSPS) is 19.6. The third kappa shape index (κ3) is 13.1. The van der Waals surface area contributed by atoms with Gasteiger partial charge in [0.15, 0.2) is 5.96 Å². The second kappa shape index (κ2) is 21.5. The molecule has 57 heavy (non-hydrogen) atoms. The van der Waals surface area contributed by atoms with E-state index in [-0.39, 0.29) is 57.7 Å². The molecule has 0 bridgehead atoms. The predicted molar refractivity (Wildman–Crippen MR) is 202 cm³/mol. The highest BCUT2D eigenvalue weighted by atomic mass is 16.4. The number of carbonyl (C=O) groups excluding carboxylic acids is 6. The van der Waals surface area contributed by atoms with Gasteiger partial charge < -0.3 is 63.5 Å². The molecule has 1 aromatic rings. The van der Waals surface area contributed by atoms with Gasteiger partial charge in [0.2, 0.25) is 35.4 Å². The van der Waals surface area contributed by atoms with Gasteiger partial charge in [-0.25, -0.2) is 9.78 Å². The Morgan fingerprint density at radius 1 is 0.895 bits per heavy atom. The van der Waals surface area contributed by atoms with Crippen LogP contribution in [0.5, 0.6) is 0 Å². The van der Waals surface area contributed by atoms with Crippen molar-refractivity contribution < 1.29 is 48.6 Å². The van der Waals surface area contributed by atoms with E-state index in [9.17, 15) is 43.5 Å². The largest absolute Gasteiger partial charge is 0.481 e. The van der Waals surface area contributed by atoms with E-state index in [1.54, 1.807) is 13.8 Å². The van der Waals surface area contributed by atoms with Gasteiger partial charge in [0, 0.05) is 37.9 Å². The number of likely N-dealkylation sites (tertiary alicyclic amines) is 2. The number of imidazole rings is 1. The number of nitrogens with two attached hydrogens (primary N) is 3. The summed E-state index contributed by atoms with van der Waals surface area (Å²) in [6, 6.07) is -8.24. The van der Waals surface area contributed by atoms with Crippen LogP contribution in [0.2, 0.25) is 0 Å². The lowest BCUT2D eigenvalue weighted by atomic mass is 9.97. The van der Waals surface area contributed by atoms with Crippen molar-refractivity contribution in [3.63, 3.8) is 0 Å². The number of carboxylic acids is 2. The molecule has 0 radical (unpaired) electrons. The number of hydrogen-bond acceptors (Lipinski definition) is 11. The maximum absolute atomic E-state index is 13.8. The number of aromatic amines is 1. The van der Waals surface area contributed by atoms with E-state index in [4.69, 9.17) is 22.3 Å². The Morgan fingerprint density at radius 2 is 1.51 bits per heavy atom. The number of guanidine groups is 1. The molecule has 13 N–H and O–H groups in total. The number of nitrogens with zero attached hydrogens (tertiary/aromatic N) is 4. The van der Waals surface area contributed by atoms with Crippen LogP contribution in [0.1, 0.15) is 77.8 Å². The highest BCUT2D eigenvalue weighted by molar-refractivity contribution is 5.97. The van der Waals surface area contributed by atoms with E-state index in [1.807, 2.05) is 0 Å². The molecule has 316 valence electrons. The Hall–Kier alpha value is -5.80. The van der Waals surface area contributed by atoms with Crippen molar-refractivity contribution in [3.8, 4) is 0 Å². The molecule has 8 atom stereocenters. The highest BCUT2D eigenvalue weighted by Crippen LogP contribution is 2.22. The Kier molecular flexibility index (Phi) is 17.2. The Morgan fingerprint density at radius 3 is 2.09 bits per heavy atom. The van der Waals surface area contributed by atoms with Gasteiger partial charge in [-0.15, -0.1) is 0 Å². The van der Waals surface area contributed by atoms with Crippen LogP contribution < -0.4 is 38.5 Å². The molecule has 3 heterocycles. The maximum atomic E-state index is 13.8. The summed E-state index contributed by atoms with van der Waals surface area (Å²) >= 11 is 0. The maximum Gasteiger partial charge on any atom is 0.326 e. The number of H-pyrrole nitrogens is 1. The number of amides is 6. The third-order valence-corrected chi connectivity index (χ3v) is 10.1. The van der Waals surface area contributed by atoms with Gasteiger partial charge in [0.05, 0.1) is 18.8 Å². The average Bonchev–Trinajstić information content (AvgIpc) is 3.96. The van der Waals surface area contributed by atoms with Crippen molar-refractivity contribution in [2.45, 2.75) is 121 Å². The Bertz CT molecular complexity index is 1640. The Labute approximate surface area is 329 Å². The van der Waals surface area contributed by atoms with Gasteiger partial charge in [-0.3, -0.25) is 38.6 Å². The first-order valence-electron chi connectivity index (χ1n) is 19.0. The molecule has 0 aliphatic carbocycles. The SMILES string of the molecule is CC[C@H](C)[C@H](NC(=O)[C@H](C)NC(=O)[C@@H]1CCCN1C(=O)[C@H](CCCN=C(N)N)NC(=O)[C@@H](N)CC(=O)O)C(=O)N[C@@H](Cc1cnc[nH]1)C(=O)N1CCC[C@H]1C(=O)O. The van der Waals surface area contributed by atoms with Crippen LogP contribution in [-0.4, -0.2) is 145 Å². The predicted octanol–water partition coefficient (Wildman–Crippen LogP) is -3.12. The van der Waals surface area contributed by atoms with Crippen LogP contribution in [0.3, 0.4) is 0 Å². The first-order valence-corrected chi connectivity index (χ1v) is 19.0. The number of nitrogens with one attached hydrogen (secondary N) is 5. The molecule has 22 heteroatoms. The van der Waals surface area contributed by atoms with Crippen molar-refractivity contribution in [2.75, 3.05) is 19.6 Å². The molecular weight excluding hydrogens is 748 g/mol. The van der Waals surface area contributed by atoms with E-state index in [2.05, 4.69) is 36.2 Å². The number of carboxylic acid groups (broad SMARTS) is 2.